The van der Waals surface area contributed by atoms with E-state index >= 15 is 0 Å². The molecule has 0 unspecified atom stereocenters. The number of pyridine rings is 2. The first-order chi connectivity index (χ1) is 19.0. The molecule has 0 atom stereocenters. The number of aromatic amines is 1. The molecule has 186 valence electrons. The molecular weight excluding hydrogens is 484 g/mol. The Morgan fingerprint density at radius 2 is 1.51 bits per heavy atom. The minimum atomic E-state index is 0.339. The predicted molar refractivity (Wildman–Crippen MR) is 148 cm³/mol. The lowest BCUT2D eigenvalue weighted by Gasteiger charge is -1.98. The first kappa shape index (κ1) is 26.2. The molecule has 0 bridgehead atoms. The van der Waals surface area contributed by atoms with Crippen molar-refractivity contribution in [3.63, 3.8) is 0 Å². The molecule has 8 nitrogen and oxygen atoms in total. The maximum Gasteiger partial charge on any atom is 0.204 e. The largest absolute Gasteiger partial charge is 0.254 e. The van der Waals surface area contributed by atoms with E-state index in [1.165, 1.54) is 0 Å². The van der Waals surface area contributed by atoms with Crippen molar-refractivity contribution in [2.24, 2.45) is 0 Å². The van der Waals surface area contributed by atoms with Gasteiger partial charge in [0.25, 0.3) is 0 Å². The fourth-order valence-electron chi connectivity index (χ4n) is 3.46. The average Bonchev–Trinajstić information content (AvgIpc) is 3.51. The van der Waals surface area contributed by atoms with Gasteiger partial charge in [0.2, 0.25) is 5.82 Å². The number of aryl methyl sites for hydroxylation is 2. The van der Waals surface area contributed by atoms with Crippen molar-refractivity contribution in [3.05, 3.63) is 124 Å². The maximum atomic E-state index is 8.93. The number of nitrogens with zero attached hydrogens (tertiary/aromatic N) is 7. The molecule has 0 spiro atoms. The highest BCUT2D eigenvalue weighted by molar-refractivity contribution is 5.71. The summed E-state index contributed by atoms with van der Waals surface area (Å²) in [5.74, 6) is 6.47. The van der Waals surface area contributed by atoms with E-state index in [2.05, 4.69) is 42.4 Å². The number of rotatable bonds is 3. The molecular formula is C31H22N8. The Labute approximate surface area is 226 Å². The third-order valence-electron chi connectivity index (χ3n) is 5.33. The average molecular weight is 507 g/mol. The second-order valence-electron chi connectivity index (χ2n) is 8.30. The van der Waals surface area contributed by atoms with Crippen LogP contribution in [-0.2, 0) is 0 Å². The van der Waals surface area contributed by atoms with Crippen molar-refractivity contribution in [3.8, 4) is 35.4 Å². The molecule has 0 saturated carbocycles. The lowest BCUT2D eigenvalue weighted by atomic mass is 10.1. The van der Waals surface area contributed by atoms with Gasteiger partial charge in [0.05, 0.1) is 16.8 Å². The highest BCUT2D eigenvalue weighted by Crippen LogP contribution is 2.16. The second-order valence-corrected chi connectivity index (χ2v) is 8.30. The van der Waals surface area contributed by atoms with Gasteiger partial charge in [-0.15, -0.1) is 10.2 Å². The van der Waals surface area contributed by atoms with Crippen LogP contribution in [0.15, 0.2) is 78.9 Å². The Morgan fingerprint density at radius 3 is 2.23 bits per heavy atom. The lowest BCUT2D eigenvalue weighted by molar-refractivity contribution is 0.881. The van der Waals surface area contributed by atoms with E-state index in [1.54, 1.807) is 18.2 Å². The highest BCUT2D eigenvalue weighted by Gasteiger charge is 2.02. The van der Waals surface area contributed by atoms with Crippen molar-refractivity contribution in [1.29, 1.82) is 10.5 Å². The van der Waals surface area contributed by atoms with E-state index < -0.39 is 0 Å². The van der Waals surface area contributed by atoms with Crippen LogP contribution in [0.2, 0.25) is 0 Å². The molecule has 0 aliphatic carbocycles. The summed E-state index contributed by atoms with van der Waals surface area (Å²) >= 11 is 0. The Kier molecular flexibility index (Phi) is 8.63. The Morgan fingerprint density at radius 1 is 0.744 bits per heavy atom. The second kappa shape index (κ2) is 12.9. The highest BCUT2D eigenvalue weighted by atomic mass is 15.5. The third-order valence-corrected chi connectivity index (χ3v) is 5.33. The van der Waals surface area contributed by atoms with E-state index in [0.29, 0.717) is 28.2 Å². The Balaban J connectivity index is 0.000000181. The van der Waals surface area contributed by atoms with Crippen LogP contribution in [0.25, 0.3) is 23.5 Å². The third kappa shape index (κ3) is 7.54. The molecule has 0 amide bonds. The summed E-state index contributed by atoms with van der Waals surface area (Å²) in [5.41, 5.74) is 6.93. The fraction of sp³-hybridized carbons (Fsp3) is 0.0645. The van der Waals surface area contributed by atoms with Gasteiger partial charge < -0.3 is 0 Å². The van der Waals surface area contributed by atoms with E-state index in [4.69, 9.17) is 10.5 Å². The predicted octanol–water partition coefficient (Wildman–Crippen LogP) is 5.27. The van der Waals surface area contributed by atoms with Crippen LogP contribution < -0.4 is 0 Å². The molecule has 5 rings (SSSR count). The quantitative estimate of drug-likeness (QED) is 0.330. The first-order valence-electron chi connectivity index (χ1n) is 11.9. The van der Waals surface area contributed by atoms with Gasteiger partial charge in [-0.05, 0) is 85.2 Å². The molecule has 5 aromatic rings. The number of nitriles is 2. The summed E-state index contributed by atoms with van der Waals surface area (Å²) < 4.78 is 0. The summed E-state index contributed by atoms with van der Waals surface area (Å²) in [4.78, 5) is 8.71. The van der Waals surface area contributed by atoms with Gasteiger partial charge in [-0.3, -0.25) is 4.98 Å². The number of H-pyrrole nitrogens is 1. The van der Waals surface area contributed by atoms with E-state index in [1.807, 2.05) is 98.8 Å². The molecule has 0 fully saturated rings. The minimum absolute atomic E-state index is 0.339. The minimum Gasteiger partial charge on any atom is -0.254 e. The van der Waals surface area contributed by atoms with Crippen molar-refractivity contribution >= 4 is 12.2 Å². The standard InChI is InChI=1S/C16H9N3.C15H13N5/c1-12-3-2-4-16(19-12)8-6-13-5-7-14(10-17)15(9-13)11-18;1-11-4-2-7-14(16-11)9-8-12-5-3-6-13(10-12)15-17-19-20-18-15/h2-5,7,9H,1H3;2-10H,1H3,(H,17,18,19,20). The zero-order chi connectivity index (χ0) is 27.5. The molecule has 0 aliphatic rings. The summed E-state index contributed by atoms with van der Waals surface area (Å²) in [6.45, 7) is 3.88. The molecule has 0 aliphatic heterocycles. The van der Waals surface area contributed by atoms with Gasteiger partial charge in [0.1, 0.15) is 17.8 Å². The van der Waals surface area contributed by atoms with Gasteiger partial charge in [0.15, 0.2) is 0 Å². The van der Waals surface area contributed by atoms with Crippen molar-refractivity contribution in [2.75, 3.05) is 0 Å². The summed E-state index contributed by atoms with van der Waals surface area (Å²) in [5, 5.41) is 31.7. The van der Waals surface area contributed by atoms with Crippen LogP contribution >= 0.6 is 0 Å². The van der Waals surface area contributed by atoms with Gasteiger partial charge in [-0.2, -0.15) is 15.7 Å². The number of nitrogens with one attached hydrogen (secondary N) is 1. The number of hydrogen-bond acceptors (Lipinski definition) is 7. The molecule has 8 heteroatoms. The van der Waals surface area contributed by atoms with Crippen LogP contribution in [0.1, 0.15) is 45.0 Å². The molecule has 3 heterocycles. The van der Waals surface area contributed by atoms with Crippen LogP contribution in [0.3, 0.4) is 0 Å². The van der Waals surface area contributed by atoms with Crippen LogP contribution in [-0.4, -0.2) is 30.6 Å². The van der Waals surface area contributed by atoms with Crippen molar-refractivity contribution in [1.82, 2.24) is 30.6 Å². The zero-order valence-electron chi connectivity index (χ0n) is 21.3. The first-order valence-corrected chi connectivity index (χ1v) is 11.9. The topological polar surface area (TPSA) is 128 Å². The monoisotopic (exact) mass is 506 g/mol. The van der Waals surface area contributed by atoms with E-state index in [-0.39, 0.29) is 0 Å². The van der Waals surface area contributed by atoms with E-state index in [0.717, 1.165) is 28.2 Å². The van der Waals surface area contributed by atoms with Crippen LogP contribution in [0, 0.1) is 48.4 Å². The maximum absolute atomic E-state index is 8.93. The number of tetrazole rings is 1. The van der Waals surface area contributed by atoms with Gasteiger partial charge >= 0.3 is 0 Å². The summed E-state index contributed by atoms with van der Waals surface area (Å²) in [6.07, 6.45) is 4.01. The molecule has 39 heavy (non-hydrogen) atoms. The molecule has 1 N–H and O–H groups in total. The van der Waals surface area contributed by atoms with Gasteiger partial charge in [-0.25, -0.2) is 4.98 Å². The molecule has 0 saturated heterocycles. The molecule has 3 aromatic heterocycles. The van der Waals surface area contributed by atoms with E-state index in [9.17, 15) is 0 Å². The van der Waals surface area contributed by atoms with Crippen LogP contribution in [0.5, 0.6) is 0 Å². The summed E-state index contributed by atoms with van der Waals surface area (Å²) in [6, 6.07) is 28.4. The van der Waals surface area contributed by atoms with Crippen molar-refractivity contribution in [2.45, 2.75) is 13.8 Å². The molecule has 0 radical (unpaired) electrons. The van der Waals surface area contributed by atoms with Crippen LogP contribution in [0.4, 0.5) is 0 Å². The molecule has 2 aromatic carbocycles. The zero-order valence-corrected chi connectivity index (χ0v) is 21.3. The van der Waals surface area contributed by atoms with Crippen molar-refractivity contribution < 1.29 is 0 Å². The normalized spacial score (nSPS) is 9.95. The summed E-state index contributed by atoms with van der Waals surface area (Å²) in [7, 11) is 0. The number of benzene rings is 2. The number of hydrogen-bond donors (Lipinski definition) is 1. The Hall–Kier alpha value is -5.91. The SMILES string of the molecule is Cc1cccc(C#Cc2ccc(C#N)c(C#N)c2)n1.Cc1cccc(C=Cc2cccc(-c3nn[nH]n3)c2)n1. The lowest BCUT2D eigenvalue weighted by Crippen LogP contribution is -1.87. The van der Waals surface area contributed by atoms with Gasteiger partial charge in [0, 0.05) is 22.5 Å². The van der Waals surface area contributed by atoms with Gasteiger partial charge in [-0.1, -0.05) is 42.3 Å². The smallest absolute Gasteiger partial charge is 0.204 e. The fourth-order valence-corrected chi connectivity index (χ4v) is 3.46. The Bertz CT molecular complexity index is 1760. The number of aromatic nitrogens is 6.